The highest BCUT2D eigenvalue weighted by Crippen LogP contribution is 2.65. The van der Waals surface area contributed by atoms with Gasteiger partial charge in [-0.2, -0.15) is 0 Å². The van der Waals surface area contributed by atoms with Crippen molar-refractivity contribution in [2.24, 2.45) is 34.5 Å². The standard InChI is InChI=1S/C24H36O4/c1-14(4-9-22(27)28)18-7-8-19-17-6-5-15-12-16(25)10-11-23(15,2)20(17)13-21(26)24(18,19)3/h10-11,14-16,18,20-21,25-26H,4-9,12-13H2,1-3H3,(H,27,28)/t14?,15?,16-,18?,20?,21+,23?,24?/m1/s1. The summed E-state index contributed by atoms with van der Waals surface area (Å²) in [6, 6.07) is 0. The number of carboxylic acids is 1. The van der Waals surface area contributed by atoms with Crippen LogP contribution in [0.3, 0.4) is 0 Å². The third-order valence-corrected chi connectivity index (χ3v) is 9.18. The molecule has 0 radical (unpaired) electrons. The van der Waals surface area contributed by atoms with Crippen LogP contribution in [0.15, 0.2) is 23.3 Å². The van der Waals surface area contributed by atoms with Gasteiger partial charge in [0.15, 0.2) is 0 Å². The van der Waals surface area contributed by atoms with Gasteiger partial charge >= 0.3 is 5.97 Å². The lowest BCUT2D eigenvalue weighted by molar-refractivity contribution is -0.137. The van der Waals surface area contributed by atoms with Crippen LogP contribution in [-0.2, 0) is 4.79 Å². The number of aliphatic hydroxyl groups is 2. The molecule has 3 N–H and O–H groups in total. The van der Waals surface area contributed by atoms with Crippen molar-refractivity contribution in [2.75, 3.05) is 0 Å². The highest BCUT2D eigenvalue weighted by atomic mass is 16.4. The van der Waals surface area contributed by atoms with E-state index < -0.39 is 5.97 Å². The highest BCUT2D eigenvalue weighted by molar-refractivity contribution is 5.66. The Morgan fingerprint density at radius 3 is 2.68 bits per heavy atom. The molecule has 4 nitrogen and oxygen atoms in total. The molecule has 0 aromatic heterocycles. The number of rotatable bonds is 4. The quantitative estimate of drug-likeness (QED) is 0.627. The fourth-order valence-electron chi connectivity index (χ4n) is 7.49. The molecule has 2 saturated carbocycles. The van der Waals surface area contributed by atoms with Gasteiger partial charge in [0.1, 0.15) is 0 Å². The zero-order chi connectivity index (χ0) is 20.3. The third-order valence-electron chi connectivity index (χ3n) is 9.18. The molecule has 0 spiro atoms. The number of aliphatic hydroxyl groups excluding tert-OH is 2. The monoisotopic (exact) mass is 388 g/mol. The molecule has 2 fully saturated rings. The number of allylic oxidation sites excluding steroid dienone is 2. The van der Waals surface area contributed by atoms with Gasteiger partial charge < -0.3 is 15.3 Å². The van der Waals surface area contributed by atoms with Crippen molar-refractivity contribution in [3.63, 3.8) is 0 Å². The molecule has 28 heavy (non-hydrogen) atoms. The minimum Gasteiger partial charge on any atom is -0.481 e. The zero-order valence-corrected chi connectivity index (χ0v) is 17.5. The van der Waals surface area contributed by atoms with Gasteiger partial charge in [0.2, 0.25) is 0 Å². The zero-order valence-electron chi connectivity index (χ0n) is 17.5. The van der Waals surface area contributed by atoms with Crippen LogP contribution in [0.4, 0.5) is 0 Å². The maximum Gasteiger partial charge on any atom is 0.303 e. The molecule has 4 rings (SSSR count). The van der Waals surface area contributed by atoms with E-state index in [1.54, 1.807) is 5.57 Å². The molecule has 4 heteroatoms. The predicted octanol–water partition coefficient (Wildman–Crippen LogP) is 4.32. The summed E-state index contributed by atoms with van der Waals surface area (Å²) in [5.41, 5.74) is 2.91. The van der Waals surface area contributed by atoms with Gasteiger partial charge in [0.05, 0.1) is 12.2 Å². The molecule has 4 aliphatic rings. The first-order valence-electron chi connectivity index (χ1n) is 11.2. The van der Waals surface area contributed by atoms with E-state index in [0.29, 0.717) is 30.1 Å². The van der Waals surface area contributed by atoms with Gasteiger partial charge in [0, 0.05) is 11.8 Å². The van der Waals surface area contributed by atoms with Gasteiger partial charge in [-0.3, -0.25) is 4.79 Å². The Bertz CT molecular complexity index is 709. The fraction of sp³-hybridized carbons (Fsp3) is 0.792. The molecule has 6 unspecified atom stereocenters. The molecule has 156 valence electrons. The second kappa shape index (κ2) is 6.98. The first-order valence-corrected chi connectivity index (χ1v) is 11.2. The van der Waals surface area contributed by atoms with Crippen LogP contribution in [-0.4, -0.2) is 33.5 Å². The number of carboxylic acid groups (broad SMARTS) is 1. The van der Waals surface area contributed by atoms with Crippen LogP contribution in [0.5, 0.6) is 0 Å². The topological polar surface area (TPSA) is 77.8 Å². The lowest BCUT2D eigenvalue weighted by atomic mass is 9.49. The number of hydrogen-bond acceptors (Lipinski definition) is 3. The minimum atomic E-state index is -0.727. The first-order chi connectivity index (χ1) is 13.2. The second-order valence-electron chi connectivity index (χ2n) is 10.4. The number of hydrogen-bond donors (Lipinski definition) is 3. The Morgan fingerprint density at radius 2 is 1.96 bits per heavy atom. The summed E-state index contributed by atoms with van der Waals surface area (Å²) in [5.74, 6) is 0.809. The van der Waals surface area contributed by atoms with Crippen molar-refractivity contribution in [2.45, 2.75) is 84.3 Å². The van der Waals surface area contributed by atoms with Gasteiger partial charge in [-0.05, 0) is 74.0 Å². The molecule has 0 heterocycles. The average Bonchev–Trinajstić information content (AvgIpc) is 3.00. The third kappa shape index (κ3) is 2.90. The van der Waals surface area contributed by atoms with E-state index in [9.17, 15) is 15.0 Å². The van der Waals surface area contributed by atoms with Crippen LogP contribution in [0.25, 0.3) is 0 Å². The molecule has 4 aliphatic carbocycles. The Kier molecular flexibility index (Phi) is 5.03. The molecular formula is C24H36O4. The number of fused-ring (bicyclic) bond motifs is 4. The molecule has 0 aromatic rings. The lowest BCUT2D eigenvalue weighted by Gasteiger charge is -2.56. The highest BCUT2D eigenvalue weighted by Gasteiger charge is 2.58. The predicted molar refractivity (Wildman–Crippen MR) is 109 cm³/mol. The number of aliphatic carboxylic acids is 1. The molecule has 0 aromatic carbocycles. The average molecular weight is 389 g/mol. The summed E-state index contributed by atoms with van der Waals surface area (Å²) in [4.78, 5) is 11.0. The summed E-state index contributed by atoms with van der Waals surface area (Å²) < 4.78 is 0. The smallest absolute Gasteiger partial charge is 0.303 e. The van der Waals surface area contributed by atoms with Crippen molar-refractivity contribution in [1.82, 2.24) is 0 Å². The first kappa shape index (κ1) is 20.2. The summed E-state index contributed by atoms with van der Waals surface area (Å²) in [6.45, 7) is 6.76. The van der Waals surface area contributed by atoms with E-state index in [1.807, 2.05) is 6.08 Å². The van der Waals surface area contributed by atoms with E-state index in [-0.39, 0.29) is 29.5 Å². The van der Waals surface area contributed by atoms with Gasteiger partial charge in [0.25, 0.3) is 0 Å². The molecule has 0 saturated heterocycles. The van der Waals surface area contributed by atoms with Crippen LogP contribution in [0.1, 0.15) is 72.1 Å². The number of carbonyl (C=O) groups is 1. The Balaban J connectivity index is 1.67. The largest absolute Gasteiger partial charge is 0.481 e. The molecule has 0 bridgehead atoms. The molecule has 8 atom stereocenters. The normalized spacial score (nSPS) is 46.0. The fourth-order valence-corrected chi connectivity index (χ4v) is 7.49. The summed E-state index contributed by atoms with van der Waals surface area (Å²) >= 11 is 0. The minimum absolute atomic E-state index is 0.0368. The second-order valence-corrected chi connectivity index (χ2v) is 10.4. The van der Waals surface area contributed by atoms with Crippen molar-refractivity contribution >= 4 is 5.97 Å². The van der Waals surface area contributed by atoms with Crippen molar-refractivity contribution in [3.05, 3.63) is 23.3 Å². The van der Waals surface area contributed by atoms with Gasteiger partial charge in [-0.15, -0.1) is 0 Å². The van der Waals surface area contributed by atoms with Crippen LogP contribution >= 0.6 is 0 Å². The molecule has 0 amide bonds. The Labute approximate surface area is 168 Å². The van der Waals surface area contributed by atoms with Crippen molar-refractivity contribution in [1.29, 1.82) is 0 Å². The van der Waals surface area contributed by atoms with Gasteiger partial charge in [-0.1, -0.05) is 44.1 Å². The SMILES string of the molecule is CC(CCC(=O)O)C1CCC2=C3CCC4C[C@H](O)C=CC4(C)C3C[C@H](O)C21C. The van der Waals surface area contributed by atoms with Gasteiger partial charge in [-0.25, -0.2) is 0 Å². The van der Waals surface area contributed by atoms with E-state index in [0.717, 1.165) is 38.5 Å². The van der Waals surface area contributed by atoms with E-state index in [1.165, 1.54) is 5.57 Å². The van der Waals surface area contributed by atoms with E-state index in [4.69, 9.17) is 5.11 Å². The summed E-state index contributed by atoms with van der Waals surface area (Å²) in [6.07, 6.45) is 10.4. The van der Waals surface area contributed by atoms with E-state index >= 15 is 0 Å². The lowest BCUT2D eigenvalue weighted by Crippen LogP contribution is -2.51. The maximum atomic E-state index is 11.4. The van der Waals surface area contributed by atoms with Crippen molar-refractivity contribution < 1.29 is 20.1 Å². The molecular weight excluding hydrogens is 352 g/mol. The van der Waals surface area contributed by atoms with Crippen LogP contribution in [0, 0.1) is 34.5 Å². The van der Waals surface area contributed by atoms with Crippen LogP contribution < -0.4 is 0 Å². The summed E-state index contributed by atoms with van der Waals surface area (Å²) in [5, 5.41) is 30.6. The van der Waals surface area contributed by atoms with Crippen LogP contribution in [0.2, 0.25) is 0 Å². The van der Waals surface area contributed by atoms with Crippen molar-refractivity contribution in [3.8, 4) is 0 Å². The maximum absolute atomic E-state index is 11.4. The molecule has 0 aliphatic heterocycles. The summed E-state index contributed by atoms with van der Waals surface area (Å²) in [7, 11) is 0. The van der Waals surface area contributed by atoms with E-state index in [2.05, 4.69) is 26.8 Å². The Morgan fingerprint density at radius 1 is 1.21 bits per heavy atom. The Hall–Kier alpha value is -1.13.